The lowest BCUT2D eigenvalue weighted by atomic mass is 9.92. The highest BCUT2D eigenvalue weighted by Crippen LogP contribution is 2.26. The molecule has 2 atom stereocenters. The van der Waals surface area contributed by atoms with E-state index in [2.05, 4.69) is 36.0 Å². The monoisotopic (exact) mass is 295 g/mol. The van der Waals surface area contributed by atoms with Crippen LogP contribution in [0, 0.1) is 5.92 Å². The summed E-state index contributed by atoms with van der Waals surface area (Å²) < 4.78 is 0. The highest BCUT2D eigenvalue weighted by molar-refractivity contribution is 4.84. The fourth-order valence-corrected chi connectivity index (χ4v) is 4.33. The van der Waals surface area contributed by atoms with Crippen molar-refractivity contribution >= 4 is 0 Å². The molecule has 0 aromatic rings. The minimum atomic E-state index is 0.760. The summed E-state index contributed by atoms with van der Waals surface area (Å²) in [5, 5.41) is 3.76. The molecule has 3 nitrogen and oxygen atoms in total. The van der Waals surface area contributed by atoms with Gasteiger partial charge in [0.25, 0.3) is 0 Å². The molecule has 1 heterocycles. The van der Waals surface area contributed by atoms with Crippen LogP contribution in [0.2, 0.25) is 0 Å². The van der Waals surface area contributed by atoms with Crippen molar-refractivity contribution in [2.45, 2.75) is 70.9 Å². The molecule has 2 fully saturated rings. The number of likely N-dealkylation sites (tertiary alicyclic amines) is 1. The van der Waals surface area contributed by atoms with Crippen molar-refractivity contribution in [3.05, 3.63) is 0 Å². The number of nitrogens with one attached hydrogen (secondary N) is 1. The van der Waals surface area contributed by atoms with Crippen molar-refractivity contribution in [2.24, 2.45) is 5.92 Å². The van der Waals surface area contributed by atoms with Gasteiger partial charge in [0.05, 0.1) is 0 Å². The molecule has 0 spiro atoms. The zero-order valence-corrected chi connectivity index (χ0v) is 14.6. The molecular weight excluding hydrogens is 258 g/mol. The Morgan fingerprint density at radius 3 is 2.38 bits per heavy atom. The summed E-state index contributed by atoms with van der Waals surface area (Å²) in [6, 6.07) is 1.58. The van der Waals surface area contributed by atoms with Crippen molar-refractivity contribution < 1.29 is 0 Å². The van der Waals surface area contributed by atoms with Crippen molar-refractivity contribution in [1.82, 2.24) is 15.1 Å². The largest absolute Gasteiger partial charge is 0.314 e. The molecule has 124 valence electrons. The topological polar surface area (TPSA) is 18.5 Å². The minimum Gasteiger partial charge on any atom is -0.314 e. The second-order valence-corrected chi connectivity index (χ2v) is 7.17. The Kier molecular flexibility index (Phi) is 7.48. The average molecular weight is 296 g/mol. The van der Waals surface area contributed by atoms with Crippen molar-refractivity contribution in [3.8, 4) is 0 Å². The second kappa shape index (κ2) is 9.12. The van der Waals surface area contributed by atoms with Gasteiger partial charge in [0.1, 0.15) is 0 Å². The molecule has 0 bridgehead atoms. The Morgan fingerprint density at radius 2 is 1.71 bits per heavy atom. The highest BCUT2D eigenvalue weighted by atomic mass is 15.2. The lowest BCUT2D eigenvalue weighted by molar-refractivity contribution is 0.109. The van der Waals surface area contributed by atoms with E-state index in [1.807, 2.05) is 0 Å². The number of piperidine rings is 1. The maximum atomic E-state index is 3.76. The van der Waals surface area contributed by atoms with Gasteiger partial charge >= 0.3 is 0 Å². The zero-order valence-electron chi connectivity index (χ0n) is 14.6. The standard InChI is InChI=1S/C18H37N3/c1-4-19-18-10-8-6-7-9-16(18)15-20(3)17-11-13-21(5-2)14-12-17/h16-19H,4-15H2,1-3H3. The fraction of sp³-hybridized carbons (Fsp3) is 1.00. The highest BCUT2D eigenvalue weighted by Gasteiger charge is 2.27. The summed E-state index contributed by atoms with van der Waals surface area (Å²) in [5.41, 5.74) is 0. The van der Waals surface area contributed by atoms with Crippen LogP contribution in [0.15, 0.2) is 0 Å². The van der Waals surface area contributed by atoms with Gasteiger partial charge in [-0.1, -0.05) is 33.1 Å². The van der Waals surface area contributed by atoms with Crippen LogP contribution in [0.3, 0.4) is 0 Å². The van der Waals surface area contributed by atoms with Gasteiger partial charge in [-0.3, -0.25) is 0 Å². The van der Waals surface area contributed by atoms with Gasteiger partial charge in [-0.05, 0) is 64.8 Å². The first kappa shape index (κ1) is 17.2. The molecule has 0 aromatic carbocycles. The first-order valence-corrected chi connectivity index (χ1v) is 9.40. The molecule has 2 rings (SSSR count). The lowest BCUT2D eigenvalue weighted by Gasteiger charge is -2.39. The average Bonchev–Trinajstić information content (AvgIpc) is 2.73. The fourth-order valence-electron chi connectivity index (χ4n) is 4.33. The quantitative estimate of drug-likeness (QED) is 0.760. The van der Waals surface area contributed by atoms with Crippen molar-refractivity contribution in [3.63, 3.8) is 0 Å². The first-order valence-electron chi connectivity index (χ1n) is 9.40. The van der Waals surface area contributed by atoms with Gasteiger partial charge in [-0.2, -0.15) is 0 Å². The maximum absolute atomic E-state index is 3.76. The smallest absolute Gasteiger partial charge is 0.0117 e. The SMILES string of the molecule is CCNC1CCCCCC1CN(C)C1CCN(CC)CC1. The molecule has 1 saturated heterocycles. The predicted molar refractivity (Wildman–Crippen MR) is 91.8 cm³/mol. The molecule has 21 heavy (non-hydrogen) atoms. The van der Waals surface area contributed by atoms with E-state index < -0.39 is 0 Å². The number of hydrogen-bond donors (Lipinski definition) is 1. The van der Waals surface area contributed by atoms with Crippen LogP contribution < -0.4 is 5.32 Å². The van der Waals surface area contributed by atoms with Crippen LogP contribution >= 0.6 is 0 Å². The second-order valence-electron chi connectivity index (χ2n) is 7.17. The lowest BCUT2D eigenvalue weighted by Crippen LogP contribution is -2.47. The molecule has 2 unspecified atom stereocenters. The molecule has 0 amide bonds. The van der Waals surface area contributed by atoms with Crippen LogP contribution in [0.5, 0.6) is 0 Å². The molecule has 0 radical (unpaired) electrons. The molecule has 1 aliphatic carbocycles. The number of nitrogens with zero attached hydrogens (tertiary/aromatic N) is 2. The molecular formula is C18H37N3. The summed E-state index contributed by atoms with van der Waals surface area (Å²) in [5.74, 6) is 0.863. The number of rotatable bonds is 6. The van der Waals surface area contributed by atoms with Gasteiger partial charge in [-0.15, -0.1) is 0 Å². The minimum absolute atomic E-state index is 0.760. The normalized spacial score (nSPS) is 29.7. The molecule has 0 aromatic heterocycles. The Balaban J connectivity index is 1.83. The van der Waals surface area contributed by atoms with Crippen LogP contribution in [-0.4, -0.2) is 61.7 Å². The molecule has 1 aliphatic heterocycles. The van der Waals surface area contributed by atoms with E-state index in [0.29, 0.717) is 0 Å². The van der Waals surface area contributed by atoms with Crippen molar-refractivity contribution in [2.75, 3.05) is 39.8 Å². The van der Waals surface area contributed by atoms with E-state index in [9.17, 15) is 0 Å². The van der Waals surface area contributed by atoms with Crippen molar-refractivity contribution in [1.29, 1.82) is 0 Å². The third kappa shape index (κ3) is 5.22. The molecule has 3 heteroatoms. The predicted octanol–water partition coefficient (Wildman–Crippen LogP) is 2.96. The van der Waals surface area contributed by atoms with Gasteiger partial charge in [-0.25, -0.2) is 0 Å². The van der Waals surface area contributed by atoms with Gasteiger partial charge < -0.3 is 15.1 Å². The molecule has 1 N–H and O–H groups in total. The van der Waals surface area contributed by atoms with E-state index in [0.717, 1.165) is 24.5 Å². The first-order chi connectivity index (χ1) is 10.2. The zero-order chi connectivity index (χ0) is 15.1. The van der Waals surface area contributed by atoms with Gasteiger partial charge in [0.2, 0.25) is 0 Å². The van der Waals surface area contributed by atoms with E-state index in [1.54, 1.807) is 0 Å². The summed E-state index contributed by atoms with van der Waals surface area (Å²) >= 11 is 0. The Labute approximate surface area is 132 Å². The summed E-state index contributed by atoms with van der Waals surface area (Å²) in [7, 11) is 2.38. The van der Waals surface area contributed by atoms with E-state index in [1.165, 1.54) is 71.1 Å². The van der Waals surface area contributed by atoms with Gasteiger partial charge in [0, 0.05) is 18.6 Å². The Morgan fingerprint density at radius 1 is 1.00 bits per heavy atom. The van der Waals surface area contributed by atoms with E-state index in [-0.39, 0.29) is 0 Å². The van der Waals surface area contributed by atoms with E-state index in [4.69, 9.17) is 0 Å². The molecule has 2 aliphatic rings. The van der Waals surface area contributed by atoms with E-state index >= 15 is 0 Å². The number of hydrogen-bond acceptors (Lipinski definition) is 3. The van der Waals surface area contributed by atoms with Crippen LogP contribution in [0.1, 0.15) is 58.8 Å². The third-order valence-electron chi connectivity index (χ3n) is 5.78. The van der Waals surface area contributed by atoms with Crippen LogP contribution in [0.4, 0.5) is 0 Å². The maximum Gasteiger partial charge on any atom is 0.0117 e. The van der Waals surface area contributed by atoms with Crippen LogP contribution in [0.25, 0.3) is 0 Å². The summed E-state index contributed by atoms with van der Waals surface area (Å²) in [6.45, 7) is 10.8. The Hall–Kier alpha value is -0.120. The molecule has 1 saturated carbocycles. The summed E-state index contributed by atoms with van der Waals surface area (Å²) in [6.07, 6.45) is 9.85. The third-order valence-corrected chi connectivity index (χ3v) is 5.78. The van der Waals surface area contributed by atoms with Gasteiger partial charge in [0.15, 0.2) is 0 Å². The summed E-state index contributed by atoms with van der Waals surface area (Å²) in [4.78, 5) is 5.28. The van der Waals surface area contributed by atoms with Crippen LogP contribution in [-0.2, 0) is 0 Å². The Bertz CT molecular complexity index is 274.